The molecule has 0 aromatic heterocycles. The molecule has 1 aliphatic carbocycles. The van der Waals surface area contributed by atoms with Gasteiger partial charge in [0.15, 0.2) is 0 Å². The van der Waals surface area contributed by atoms with Crippen LogP contribution in [-0.2, 0) is 10.2 Å². The quantitative estimate of drug-likeness (QED) is 0.850. The summed E-state index contributed by atoms with van der Waals surface area (Å²) in [6.45, 7) is 0.628. The van der Waals surface area contributed by atoms with Crippen LogP contribution in [0.15, 0.2) is 54.6 Å². The second-order valence-electron chi connectivity index (χ2n) is 6.19. The molecule has 2 N–H and O–H groups in total. The van der Waals surface area contributed by atoms with E-state index in [1.807, 2.05) is 18.2 Å². The van der Waals surface area contributed by atoms with Crippen LogP contribution in [0.4, 0.5) is 0 Å². The molecule has 1 unspecified atom stereocenters. The van der Waals surface area contributed by atoms with E-state index in [4.69, 9.17) is 11.6 Å². The van der Waals surface area contributed by atoms with Gasteiger partial charge in [0.05, 0.1) is 12.5 Å². The number of hydrogen-bond acceptors (Lipinski definition) is 2. The lowest BCUT2D eigenvalue weighted by Crippen LogP contribution is -2.33. The molecule has 120 valence electrons. The third kappa shape index (κ3) is 3.92. The molecule has 3 rings (SSSR count). The zero-order valence-corrected chi connectivity index (χ0v) is 13.6. The number of carbonyl (C=O) groups excluding carboxylic acids is 1. The Labute approximate surface area is 141 Å². The summed E-state index contributed by atoms with van der Waals surface area (Å²) < 4.78 is 0. The van der Waals surface area contributed by atoms with Crippen molar-refractivity contribution in [2.75, 3.05) is 6.54 Å². The van der Waals surface area contributed by atoms with Crippen molar-refractivity contribution in [1.29, 1.82) is 0 Å². The second-order valence-corrected chi connectivity index (χ2v) is 6.63. The van der Waals surface area contributed by atoms with Gasteiger partial charge in [0.25, 0.3) is 0 Å². The van der Waals surface area contributed by atoms with Crippen LogP contribution >= 0.6 is 11.6 Å². The van der Waals surface area contributed by atoms with Gasteiger partial charge in [-0.2, -0.15) is 0 Å². The highest BCUT2D eigenvalue weighted by Gasteiger charge is 2.44. The predicted molar refractivity (Wildman–Crippen MR) is 91.4 cm³/mol. The van der Waals surface area contributed by atoms with Crippen molar-refractivity contribution in [2.24, 2.45) is 0 Å². The topological polar surface area (TPSA) is 49.3 Å². The lowest BCUT2D eigenvalue weighted by atomic mass is 9.96. The van der Waals surface area contributed by atoms with Crippen LogP contribution in [0.25, 0.3) is 0 Å². The monoisotopic (exact) mass is 329 g/mol. The number of nitrogens with one attached hydrogen (secondary N) is 1. The summed E-state index contributed by atoms with van der Waals surface area (Å²) in [5.41, 5.74) is 2.06. The smallest absolute Gasteiger partial charge is 0.222 e. The Morgan fingerprint density at radius 2 is 1.78 bits per heavy atom. The Hall–Kier alpha value is -1.84. The Balaban J connectivity index is 1.53. The van der Waals surface area contributed by atoms with Crippen LogP contribution < -0.4 is 5.32 Å². The van der Waals surface area contributed by atoms with Gasteiger partial charge in [0.2, 0.25) is 5.91 Å². The Bertz CT molecular complexity index is 666. The summed E-state index contributed by atoms with van der Waals surface area (Å²) in [7, 11) is 0. The van der Waals surface area contributed by atoms with Crippen LogP contribution in [0.3, 0.4) is 0 Å². The molecule has 2 aromatic rings. The van der Waals surface area contributed by atoms with Crippen molar-refractivity contribution in [3.05, 3.63) is 70.7 Å². The Morgan fingerprint density at radius 1 is 1.13 bits per heavy atom. The number of rotatable bonds is 6. The van der Waals surface area contributed by atoms with E-state index in [1.165, 1.54) is 5.56 Å². The first-order chi connectivity index (χ1) is 11.1. The number of halogens is 1. The van der Waals surface area contributed by atoms with Crippen molar-refractivity contribution < 1.29 is 9.90 Å². The van der Waals surface area contributed by atoms with Gasteiger partial charge in [-0.1, -0.05) is 54.1 Å². The average molecular weight is 330 g/mol. The van der Waals surface area contributed by atoms with E-state index < -0.39 is 6.10 Å². The molecule has 0 saturated heterocycles. The summed E-state index contributed by atoms with van der Waals surface area (Å²) in [5.74, 6) is -0.130. The molecule has 1 atom stereocenters. The molecule has 0 radical (unpaired) electrons. The number of aliphatic hydroxyl groups excluding tert-OH is 1. The first-order valence-electron chi connectivity index (χ1n) is 7.85. The molecular formula is C19H20ClNO2. The fraction of sp³-hybridized carbons (Fsp3) is 0.316. The molecule has 1 fully saturated rings. The number of amides is 1. The molecule has 0 spiro atoms. The van der Waals surface area contributed by atoms with E-state index in [0.29, 0.717) is 17.1 Å². The SMILES string of the molecule is O=C(CC(O)c1ccc(Cl)cc1)NCC1(c2ccccc2)CC1. The molecule has 0 aliphatic heterocycles. The van der Waals surface area contributed by atoms with Crippen LogP contribution in [0.1, 0.15) is 36.5 Å². The Kier molecular flexibility index (Phi) is 4.69. The molecule has 23 heavy (non-hydrogen) atoms. The van der Waals surface area contributed by atoms with E-state index in [-0.39, 0.29) is 17.7 Å². The van der Waals surface area contributed by atoms with Crippen molar-refractivity contribution in [3.63, 3.8) is 0 Å². The van der Waals surface area contributed by atoms with E-state index in [2.05, 4.69) is 17.4 Å². The number of benzene rings is 2. The largest absolute Gasteiger partial charge is 0.388 e. The van der Waals surface area contributed by atoms with Gasteiger partial charge in [-0.25, -0.2) is 0 Å². The summed E-state index contributed by atoms with van der Waals surface area (Å²) in [5, 5.41) is 13.7. The van der Waals surface area contributed by atoms with E-state index in [1.54, 1.807) is 24.3 Å². The predicted octanol–water partition coefficient (Wildman–Crippen LogP) is 3.61. The van der Waals surface area contributed by atoms with Gasteiger partial charge in [-0.05, 0) is 36.1 Å². The number of carbonyl (C=O) groups is 1. The fourth-order valence-electron chi connectivity index (χ4n) is 2.83. The normalized spacial score (nSPS) is 16.6. The first-order valence-corrected chi connectivity index (χ1v) is 8.23. The average Bonchev–Trinajstić information content (AvgIpc) is 3.36. The summed E-state index contributed by atoms with van der Waals surface area (Å²) in [6.07, 6.45) is 1.44. The lowest BCUT2D eigenvalue weighted by molar-refractivity contribution is -0.123. The molecule has 3 nitrogen and oxygen atoms in total. The van der Waals surface area contributed by atoms with E-state index >= 15 is 0 Å². The summed E-state index contributed by atoms with van der Waals surface area (Å²) >= 11 is 5.83. The molecule has 0 bridgehead atoms. The molecular weight excluding hydrogens is 310 g/mol. The standard InChI is InChI=1S/C19H20ClNO2/c20-16-8-6-14(7-9-16)17(22)12-18(23)21-13-19(10-11-19)15-4-2-1-3-5-15/h1-9,17,22H,10-13H2,(H,21,23). The number of aliphatic hydroxyl groups is 1. The van der Waals surface area contributed by atoms with Crippen LogP contribution in [0.5, 0.6) is 0 Å². The van der Waals surface area contributed by atoms with Gasteiger partial charge in [-0.3, -0.25) is 4.79 Å². The first kappa shape index (κ1) is 16.0. The highest BCUT2D eigenvalue weighted by Crippen LogP contribution is 2.47. The van der Waals surface area contributed by atoms with E-state index in [0.717, 1.165) is 12.8 Å². The Morgan fingerprint density at radius 3 is 2.39 bits per heavy atom. The van der Waals surface area contributed by atoms with Crippen LogP contribution in [0.2, 0.25) is 5.02 Å². The minimum Gasteiger partial charge on any atom is -0.388 e. The molecule has 1 aliphatic rings. The maximum absolute atomic E-state index is 12.1. The summed E-state index contributed by atoms with van der Waals surface area (Å²) in [4.78, 5) is 12.1. The van der Waals surface area contributed by atoms with Crippen molar-refractivity contribution >= 4 is 17.5 Å². The van der Waals surface area contributed by atoms with E-state index in [9.17, 15) is 9.90 Å². The van der Waals surface area contributed by atoms with Gasteiger partial charge in [-0.15, -0.1) is 0 Å². The molecule has 4 heteroatoms. The minimum atomic E-state index is -0.806. The van der Waals surface area contributed by atoms with Gasteiger partial charge in [0.1, 0.15) is 0 Å². The highest BCUT2D eigenvalue weighted by atomic mass is 35.5. The summed E-state index contributed by atoms with van der Waals surface area (Å²) in [6, 6.07) is 17.2. The van der Waals surface area contributed by atoms with Gasteiger partial charge in [0, 0.05) is 17.0 Å². The maximum Gasteiger partial charge on any atom is 0.222 e. The zero-order chi connectivity index (χ0) is 16.3. The molecule has 2 aromatic carbocycles. The third-order valence-corrected chi connectivity index (χ3v) is 4.75. The van der Waals surface area contributed by atoms with Crippen LogP contribution in [0, 0.1) is 0 Å². The van der Waals surface area contributed by atoms with Gasteiger partial charge >= 0.3 is 0 Å². The highest BCUT2D eigenvalue weighted by molar-refractivity contribution is 6.30. The van der Waals surface area contributed by atoms with Crippen molar-refractivity contribution in [1.82, 2.24) is 5.32 Å². The lowest BCUT2D eigenvalue weighted by Gasteiger charge is -2.17. The molecule has 1 saturated carbocycles. The van der Waals surface area contributed by atoms with Crippen molar-refractivity contribution in [2.45, 2.75) is 30.8 Å². The van der Waals surface area contributed by atoms with Gasteiger partial charge < -0.3 is 10.4 Å². The minimum absolute atomic E-state index is 0.0620. The number of hydrogen-bond donors (Lipinski definition) is 2. The fourth-order valence-corrected chi connectivity index (χ4v) is 2.95. The van der Waals surface area contributed by atoms with Crippen LogP contribution in [-0.4, -0.2) is 17.6 Å². The second kappa shape index (κ2) is 6.73. The van der Waals surface area contributed by atoms with Crippen molar-refractivity contribution in [3.8, 4) is 0 Å². The maximum atomic E-state index is 12.1. The zero-order valence-electron chi connectivity index (χ0n) is 12.8. The molecule has 1 amide bonds. The third-order valence-electron chi connectivity index (χ3n) is 4.50. The molecule has 0 heterocycles.